The Bertz CT molecular complexity index is 781. The monoisotopic (exact) mass is 378 g/mol. The van der Waals surface area contributed by atoms with Gasteiger partial charge >= 0.3 is 0 Å². The van der Waals surface area contributed by atoms with E-state index in [4.69, 9.17) is 23.2 Å². The molecule has 6 heteroatoms. The number of anilines is 1. The Balaban J connectivity index is 1.93. The Labute approximate surface area is 157 Å². The van der Waals surface area contributed by atoms with E-state index in [0.717, 1.165) is 5.56 Å². The van der Waals surface area contributed by atoms with Crippen LogP contribution in [0.4, 0.5) is 5.69 Å². The van der Waals surface area contributed by atoms with Gasteiger partial charge < -0.3 is 10.6 Å². The highest BCUT2D eigenvalue weighted by molar-refractivity contribution is 6.35. The molecule has 0 unspecified atom stereocenters. The van der Waals surface area contributed by atoms with Crippen LogP contribution >= 0.6 is 23.2 Å². The maximum Gasteiger partial charge on any atom is 0.251 e. The molecule has 4 nitrogen and oxygen atoms in total. The second-order valence-corrected chi connectivity index (χ2v) is 7.53. The second-order valence-electron chi connectivity index (χ2n) is 6.68. The maximum atomic E-state index is 12.1. The Morgan fingerprint density at radius 2 is 1.64 bits per heavy atom. The van der Waals surface area contributed by atoms with Gasteiger partial charge in [-0.05, 0) is 41.3 Å². The van der Waals surface area contributed by atoms with E-state index >= 15 is 0 Å². The van der Waals surface area contributed by atoms with Crippen molar-refractivity contribution >= 4 is 40.7 Å². The lowest BCUT2D eigenvalue weighted by atomic mass is 9.87. The van der Waals surface area contributed by atoms with Crippen molar-refractivity contribution in [3.63, 3.8) is 0 Å². The summed E-state index contributed by atoms with van der Waals surface area (Å²) < 4.78 is 0. The highest BCUT2D eigenvalue weighted by Crippen LogP contribution is 2.25. The van der Waals surface area contributed by atoms with E-state index < -0.39 is 0 Å². The number of amides is 2. The fraction of sp³-hybridized carbons (Fsp3) is 0.263. The standard InChI is InChI=1S/C19H20Cl2N2O2/c1-19(2,3)13-6-4-12(5-7-13)18(25)22-11-17(24)23-16-10-14(20)8-9-15(16)21/h4-10H,11H2,1-3H3,(H,22,25)(H,23,24). The van der Waals surface area contributed by atoms with Crippen LogP contribution in [-0.4, -0.2) is 18.4 Å². The lowest BCUT2D eigenvalue weighted by molar-refractivity contribution is -0.115. The van der Waals surface area contributed by atoms with Crippen LogP contribution in [0.1, 0.15) is 36.7 Å². The molecule has 0 aromatic heterocycles. The molecule has 0 spiro atoms. The summed E-state index contributed by atoms with van der Waals surface area (Å²) in [6.45, 7) is 6.15. The summed E-state index contributed by atoms with van der Waals surface area (Å²) in [7, 11) is 0. The number of rotatable bonds is 4. The topological polar surface area (TPSA) is 58.2 Å². The van der Waals surface area contributed by atoms with Crippen LogP contribution in [0.15, 0.2) is 42.5 Å². The number of hydrogen-bond donors (Lipinski definition) is 2. The predicted octanol–water partition coefficient (Wildman–Crippen LogP) is 4.66. The fourth-order valence-electron chi connectivity index (χ4n) is 2.17. The van der Waals surface area contributed by atoms with E-state index in [1.54, 1.807) is 30.3 Å². The molecule has 2 rings (SSSR count). The molecule has 132 valence electrons. The highest BCUT2D eigenvalue weighted by Gasteiger charge is 2.15. The quantitative estimate of drug-likeness (QED) is 0.812. The molecular weight excluding hydrogens is 359 g/mol. The number of nitrogens with one attached hydrogen (secondary N) is 2. The Kier molecular flexibility index (Phi) is 6.09. The van der Waals surface area contributed by atoms with Crippen LogP contribution in [-0.2, 0) is 10.2 Å². The minimum Gasteiger partial charge on any atom is -0.343 e. The molecule has 0 aliphatic rings. The molecule has 2 aromatic rings. The van der Waals surface area contributed by atoms with Crippen molar-refractivity contribution in [1.29, 1.82) is 0 Å². The zero-order chi connectivity index (χ0) is 18.6. The van der Waals surface area contributed by atoms with Crippen molar-refractivity contribution in [3.05, 3.63) is 63.6 Å². The minimum absolute atomic E-state index is 0.0190. The molecule has 0 fully saturated rings. The Morgan fingerprint density at radius 3 is 2.24 bits per heavy atom. The van der Waals surface area contributed by atoms with E-state index in [9.17, 15) is 9.59 Å². The SMILES string of the molecule is CC(C)(C)c1ccc(C(=O)NCC(=O)Nc2cc(Cl)ccc2Cl)cc1. The van der Waals surface area contributed by atoms with Gasteiger partial charge in [-0.1, -0.05) is 56.1 Å². The summed E-state index contributed by atoms with van der Waals surface area (Å²) >= 11 is 11.9. The van der Waals surface area contributed by atoms with E-state index in [2.05, 4.69) is 31.4 Å². The van der Waals surface area contributed by atoms with Gasteiger partial charge in [0.05, 0.1) is 17.3 Å². The Morgan fingerprint density at radius 1 is 1.00 bits per heavy atom. The average Bonchev–Trinajstić information content (AvgIpc) is 2.55. The smallest absolute Gasteiger partial charge is 0.251 e. The third-order valence-corrected chi connectivity index (χ3v) is 4.19. The van der Waals surface area contributed by atoms with Crippen molar-refractivity contribution in [3.8, 4) is 0 Å². The van der Waals surface area contributed by atoms with Gasteiger partial charge in [-0.25, -0.2) is 0 Å². The highest BCUT2D eigenvalue weighted by atomic mass is 35.5. The molecule has 0 atom stereocenters. The van der Waals surface area contributed by atoms with Crippen LogP contribution in [0.3, 0.4) is 0 Å². The number of halogens is 2. The van der Waals surface area contributed by atoms with Gasteiger partial charge in [0.2, 0.25) is 5.91 Å². The van der Waals surface area contributed by atoms with E-state index in [1.807, 2.05) is 12.1 Å². The van der Waals surface area contributed by atoms with E-state index in [-0.39, 0.29) is 23.8 Å². The van der Waals surface area contributed by atoms with Gasteiger partial charge in [-0.2, -0.15) is 0 Å². The molecule has 0 aliphatic carbocycles. The van der Waals surface area contributed by atoms with Crippen molar-refractivity contribution in [2.45, 2.75) is 26.2 Å². The molecule has 2 aromatic carbocycles. The predicted molar refractivity (Wildman–Crippen MR) is 103 cm³/mol. The van der Waals surface area contributed by atoms with Crippen molar-refractivity contribution in [2.75, 3.05) is 11.9 Å². The van der Waals surface area contributed by atoms with Gasteiger partial charge in [-0.3, -0.25) is 9.59 Å². The number of benzene rings is 2. The normalized spacial score (nSPS) is 11.1. The van der Waals surface area contributed by atoms with Gasteiger partial charge in [0.15, 0.2) is 0 Å². The molecule has 2 N–H and O–H groups in total. The molecule has 0 aliphatic heterocycles. The van der Waals surface area contributed by atoms with Crippen molar-refractivity contribution < 1.29 is 9.59 Å². The summed E-state index contributed by atoms with van der Waals surface area (Å²) in [4.78, 5) is 24.1. The summed E-state index contributed by atoms with van der Waals surface area (Å²) in [5.41, 5.74) is 2.06. The largest absolute Gasteiger partial charge is 0.343 e. The van der Waals surface area contributed by atoms with E-state index in [1.165, 1.54) is 0 Å². The first-order chi connectivity index (χ1) is 11.7. The first-order valence-corrected chi connectivity index (χ1v) is 8.56. The van der Waals surface area contributed by atoms with Crippen LogP contribution < -0.4 is 10.6 Å². The molecule has 0 bridgehead atoms. The lowest BCUT2D eigenvalue weighted by Crippen LogP contribution is -2.33. The lowest BCUT2D eigenvalue weighted by Gasteiger charge is -2.19. The number of hydrogen-bond acceptors (Lipinski definition) is 2. The molecular formula is C19H20Cl2N2O2. The minimum atomic E-state index is -0.385. The van der Waals surface area contributed by atoms with Crippen molar-refractivity contribution in [1.82, 2.24) is 5.32 Å². The van der Waals surface area contributed by atoms with Crippen LogP contribution in [0.5, 0.6) is 0 Å². The molecule has 25 heavy (non-hydrogen) atoms. The Hall–Kier alpha value is -2.04. The summed E-state index contributed by atoms with van der Waals surface area (Å²) in [5, 5.41) is 6.04. The fourth-order valence-corrected chi connectivity index (χ4v) is 2.51. The third kappa shape index (κ3) is 5.48. The number of carbonyl (C=O) groups excluding carboxylic acids is 2. The summed E-state index contributed by atoms with van der Waals surface area (Å²) in [5.74, 6) is -0.698. The molecule has 0 radical (unpaired) electrons. The first-order valence-electron chi connectivity index (χ1n) is 7.80. The third-order valence-electron chi connectivity index (χ3n) is 3.63. The zero-order valence-electron chi connectivity index (χ0n) is 14.3. The molecule has 2 amide bonds. The summed E-state index contributed by atoms with van der Waals surface area (Å²) in [6.07, 6.45) is 0. The number of carbonyl (C=O) groups is 2. The first kappa shape index (κ1) is 19.3. The van der Waals surface area contributed by atoms with Gasteiger partial charge in [0.1, 0.15) is 0 Å². The van der Waals surface area contributed by atoms with Crippen molar-refractivity contribution in [2.24, 2.45) is 0 Å². The van der Waals surface area contributed by atoms with Crippen LogP contribution in [0, 0.1) is 0 Å². The van der Waals surface area contributed by atoms with Crippen LogP contribution in [0.25, 0.3) is 0 Å². The van der Waals surface area contributed by atoms with Gasteiger partial charge in [0.25, 0.3) is 5.91 Å². The zero-order valence-corrected chi connectivity index (χ0v) is 15.8. The molecule has 0 saturated carbocycles. The van der Waals surface area contributed by atoms with Gasteiger partial charge in [0, 0.05) is 10.6 Å². The second kappa shape index (κ2) is 7.89. The van der Waals surface area contributed by atoms with E-state index in [0.29, 0.717) is 21.3 Å². The van der Waals surface area contributed by atoms with Gasteiger partial charge in [-0.15, -0.1) is 0 Å². The summed E-state index contributed by atoms with van der Waals surface area (Å²) in [6, 6.07) is 12.1. The van der Waals surface area contributed by atoms with Crippen LogP contribution in [0.2, 0.25) is 10.0 Å². The molecule has 0 heterocycles. The molecule has 0 saturated heterocycles. The maximum absolute atomic E-state index is 12.1. The average molecular weight is 379 g/mol.